The van der Waals surface area contributed by atoms with Gasteiger partial charge in [-0.05, 0) is 36.6 Å². The zero-order valence-electron chi connectivity index (χ0n) is 14.4. The quantitative estimate of drug-likeness (QED) is 0.787. The van der Waals surface area contributed by atoms with Crippen LogP contribution in [0.4, 0.5) is 0 Å². The van der Waals surface area contributed by atoms with Crippen molar-refractivity contribution >= 4 is 17.4 Å². The largest absolute Gasteiger partial charge is 0.493 e. The minimum Gasteiger partial charge on any atom is -0.493 e. The van der Waals surface area contributed by atoms with Crippen LogP contribution >= 0.6 is 11.6 Å². The van der Waals surface area contributed by atoms with Crippen LogP contribution in [0.5, 0.6) is 5.75 Å². The summed E-state index contributed by atoms with van der Waals surface area (Å²) in [5.74, 6) is 1.04. The van der Waals surface area contributed by atoms with Gasteiger partial charge in [-0.2, -0.15) is 5.26 Å². The third-order valence-electron chi connectivity index (χ3n) is 4.77. The van der Waals surface area contributed by atoms with E-state index in [0.717, 1.165) is 23.3 Å². The Kier molecular flexibility index (Phi) is 4.83. The first-order valence-corrected chi connectivity index (χ1v) is 8.74. The summed E-state index contributed by atoms with van der Waals surface area (Å²) in [6.45, 7) is 4.38. The molecule has 0 spiro atoms. The number of halogens is 1. The summed E-state index contributed by atoms with van der Waals surface area (Å²) in [6.07, 6.45) is 1.91. The zero-order valence-corrected chi connectivity index (χ0v) is 15.2. The van der Waals surface area contributed by atoms with E-state index in [2.05, 4.69) is 19.1 Å². The van der Waals surface area contributed by atoms with Crippen molar-refractivity contribution in [2.75, 3.05) is 6.61 Å². The second-order valence-electron chi connectivity index (χ2n) is 6.93. The van der Waals surface area contributed by atoms with E-state index >= 15 is 0 Å². The Labute approximate surface area is 153 Å². The number of nitriles is 1. The number of ether oxygens (including phenoxy) is 1. The van der Waals surface area contributed by atoms with E-state index in [1.165, 1.54) is 5.56 Å². The van der Waals surface area contributed by atoms with Gasteiger partial charge < -0.3 is 4.74 Å². The van der Waals surface area contributed by atoms with Gasteiger partial charge in [0.2, 0.25) is 0 Å². The number of carbonyl (C=O) groups excluding carboxylic acids is 1. The predicted octanol–water partition coefficient (Wildman–Crippen LogP) is 4.63. The number of hydrogen-bond acceptors (Lipinski definition) is 3. The van der Waals surface area contributed by atoms with Crippen LogP contribution in [0.25, 0.3) is 0 Å². The normalized spacial score (nSPS) is 15.0. The van der Waals surface area contributed by atoms with E-state index in [1.54, 1.807) is 19.1 Å². The number of carbonyl (C=O) groups is 1. The molecule has 0 bridgehead atoms. The summed E-state index contributed by atoms with van der Waals surface area (Å²) in [6, 6.07) is 13.6. The molecule has 0 N–H and O–H groups in total. The standard InChI is InChI=1S/C21H20ClNO2/c1-14(24)11-21(2,12-17-7-6-15(13-23)10-19(17)22)18-5-3-4-16-8-9-25-20(16)18/h3-7,10H,8-9,11-12H2,1-2H3. The Morgan fingerprint density at radius 1 is 1.36 bits per heavy atom. The van der Waals surface area contributed by atoms with Gasteiger partial charge in [-0.15, -0.1) is 0 Å². The van der Waals surface area contributed by atoms with Gasteiger partial charge in [-0.3, -0.25) is 4.79 Å². The van der Waals surface area contributed by atoms with Crippen molar-refractivity contribution in [3.8, 4) is 11.8 Å². The van der Waals surface area contributed by atoms with Crippen molar-refractivity contribution in [3.05, 3.63) is 63.7 Å². The molecular weight excluding hydrogens is 334 g/mol. The van der Waals surface area contributed by atoms with Crippen LogP contribution in [0.1, 0.15) is 42.5 Å². The van der Waals surface area contributed by atoms with Gasteiger partial charge in [0.05, 0.1) is 18.2 Å². The summed E-state index contributed by atoms with van der Waals surface area (Å²) in [5, 5.41) is 9.58. The third-order valence-corrected chi connectivity index (χ3v) is 5.12. The van der Waals surface area contributed by atoms with E-state index in [0.29, 0.717) is 30.0 Å². The fraction of sp³-hybridized carbons (Fsp3) is 0.333. The highest BCUT2D eigenvalue weighted by atomic mass is 35.5. The van der Waals surface area contributed by atoms with Gasteiger partial charge in [0, 0.05) is 28.8 Å². The summed E-state index contributed by atoms with van der Waals surface area (Å²) in [7, 11) is 0. The van der Waals surface area contributed by atoms with Gasteiger partial charge in [0.15, 0.2) is 0 Å². The lowest BCUT2D eigenvalue weighted by Crippen LogP contribution is -2.28. The highest BCUT2D eigenvalue weighted by Crippen LogP contribution is 2.42. The molecule has 1 aliphatic heterocycles. The second kappa shape index (κ2) is 6.90. The summed E-state index contributed by atoms with van der Waals surface area (Å²) >= 11 is 6.39. The SMILES string of the molecule is CC(=O)CC(C)(Cc1ccc(C#N)cc1Cl)c1cccc2c1OCC2. The molecule has 3 nitrogen and oxygen atoms in total. The van der Waals surface area contributed by atoms with Crippen LogP contribution in [0.3, 0.4) is 0 Å². The molecule has 4 heteroatoms. The van der Waals surface area contributed by atoms with Crippen LogP contribution in [0, 0.1) is 11.3 Å². The topological polar surface area (TPSA) is 50.1 Å². The van der Waals surface area contributed by atoms with Crippen molar-refractivity contribution in [1.29, 1.82) is 5.26 Å². The molecule has 0 amide bonds. The maximum atomic E-state index is 12.0. The van der Waals surface area contributed by atoms with Gasteiger partial charge in [0.25, 0.3) is 0 Å². The molecule has 1 atom stereocenters. The fourth-order valence-corrected chi connectivity index (χ4v) is 3.92. The molecule has 0 saturated heterocycles. The van der Waals surface area contributed by atoms with E-state index in [1.807, 2.05) is 18.2 Å². The summed E-state index contributed by atoms with van der Waals surface area (Å²) in [4.78, 5) is 12.0. The Balaban J connectivity index is 2.04. The molecule has 0 aromatic heterocycles. The first kappa shape index (κ1) is 17.5. The van der Waals surface area contributed by atoms with Crippen molar-refractivity contribution in [2.24, 2.45) is 0 Å². The first-order valence-electron chi connectivity index (χ1n) is 8.36. The van der Waals surface area contributed by atoms with Crippen molar-refractivity contribution < 1.29 is 9.53 Å². The summed E-state index contributed by atoms with van der Waals surface area (Å²) in [5.41, 5.74) is 3.29. The Hall–Kier alpha value is -2.31. The molecule has 1 heterocycles. The van der Waals surface area contributed by atoms with Gasteiger partial charge in [-0.1, -0.05) is 42.8 Å². The van der Waals surface area contributed by atoms with Crippen molar-refractivity contribution in [3.63, 3.8) is 0 Å². The number of para-hydroxylation sites is 1. The Morgan fingerprint density at radius 3 is 2.84 bits per heavy atom. The molecule has 128 valence electrons. The number of ketones is 1. The summed E-state index contributed by atoms with van der Waals surface area (Å²) < 4.78 is 5.87. The van der Waals surface area contributed by atoms with E-state index in [9.17, 15) is 4.79 Å². The lowest BCUT2D eigenvalue weighted by molar-refractivity contribution is -0.118. The number of fused-ring (bicyclic) bond motifs is 1. The molecule has 1 aliphatic rings. The third kappa shape index (κ3) is 3.55. The van der Waals surface area contributed by atoms with Crippen LogP contribution < -0.4 is 4.74 Å². The molecule has 3 rings (SSSR count). The lowest BCUT2D eigenvalue weighted by atomic mass is 9.73. The molecular formula is C21H20ClNO2. The Morgan fingerprint density at radius 2 is 2.16 bits per heavy atom. The van der Waals surface area contributed by atoms with Gasteiger partial charge in [0.1, 0.15) is 11.5 Å². The van der Waals surface area contributed by atoms with Crippen LogP contribution in [0.2, 0.25) is 5.02 Å². The fourth-order valence-electron chi connectivity index (χ4n) is 3.67. The van der Waals surface area contributed by atoms with E-state index in [-0.39, 0.29) is 5.78 Å². The Bertz CT molecular complexity index is 869. The predicted molar refractivity (Wildman–Crippen MR) is 98.2 cm³/mol. The number of rotatable bonds is 5. The zero-order chi connectivity index (χ0) is 18.0. The van der Waals surface area contributed by atoms with Crippen molar-refractivity contribution in [2.45, 2.75) is 38.5 Å². The average Bonchev–Trinajstić information content (AvgIpc) is 3.04. The monoisotopic (exact) mass is 353 g/mol. The highest BCUT2D eigenvalue weighted by molar-refractivity contribution is 6.31. The number of hydrogen-bond donors (Lipinski definition) is 0. The number of benzene rings is 2. The molecule has 1 unspecified atom stereocenters. The highest BCUT2D eigenvalue weighted by Gasteiger charge is 2.34. The van der Waals surface area contributed by atoms with Crippen molar-refractivity contribution in [1.82, 2.24) is 0 Å². The van der Waals surface area contributed by atoms with Crippen LogP contribution in [-0.4, -0.2) is 12.4 Å². The van der Waals surface area contributed by atoms with Gasteiger partial charge >= 0.3 is 0 Å². The molecule has 2 aromatic carbocycles. The molecule has 0 saturated carbocycles. The molecule has 0 fully saturated rings. The molecule has 25 heavy (non-hydrogen) atoms. The second-order valence-corrected chi connectivity index (χ2v) is 7.33. The van der Waals surface area contributed by atoms with E-state index < -0.39 is 5.41 Å². The molecule has 2 aromatic rings. The van der Waals surface area contributed by atoms with Crippen LogP contribution in [0.15, 0.2) is 36.4 Å². The maximum absolute atomic E-state index is 12.0. The van der Waals surface area contributed by atoms with Crippen LogP contribution in [-0.2, 0) is 23.1 Å². The maximum Gasteiger partial charge on any atom is 0.130 e. The minimum atomic E-state index is -0.417. The average molecular weight is 354 g/mol. The first-order chi connectivity index (χ1) is 11.9. The minimum absolute atomic E-state index is 0.128. The number of Topliss-reactive ketones (excluding diaryl/α,β-unsaturated/α-hetero) is 1. The molecule has 0 radical (unpaired) electrons. The smallest absolute Gasteiger partial charge is 0.130 e. The molecule has 0 aliphatic carbocycles. The lowest BCUT2D eigenvalue weighted by Gasteiger charge is -2.31. The number of nitrogens with zero attached hydrogens (tertiary/aromatic N) is 1. The van der Waals surface area contributed by atoms with E-state index in [4.69, 9.17) is 21.6 Å². The van der Waals surface area contributed by atoms with Gasteiger partial charge in [-0.25, -0.2) is 0 Å².